The zero-order chi connectivity index (χ0) is 12.5. The molecule has 0 aromatic carbocycles. The predicted molar refractivity (Wildman–Crippen MR) is 67.4 cm³/mol. The van der Waals surface area contributed by atoms with E-state index in [4.69, 9.17) is 5.11 Å². The fourth-order valence-corrected chi connectivity index (χ4v) is 3.53. The van der Waals surface area contributed by atoms with E-state index in [-0.39, 0.29) is 11.3 Å². The second kappa shape index (κ2) is 4.72. The van der Waals surface area contributed by atoms with Gasteiger partial charge in [-0.05, 0) is 26.7 Å². The van der Waals surface area contributed by atoms with E-state index in [9.17, 15) is 4.79 Å². The molecule has 0 radical (unpaired) electrons. The maximum Gasteiger partial charge on any atom is 0.313 e. The number of hydrogen-bond acceptors (Lipinski definition) is 3. The van der Waals surface area contributed by atoms with Crippen LogP contribution < -0.4 is 0 Å². The normalized spacial score (nSPS) is 18.5. The van der Waals surface area contributed by atoms with Gasteiger partial charge in [-0.2, -0.15) is 0 Å². The number of aromatic nitrogens is 2. The maximum absolute atomic E-state index is 10.6. The summed E-state index contributed by atoms with van der Waals surface area (Å²) in [5.41, 5.74) is 1.25. The molecule has 0 saturated heterocycles. The summed E-state index contributed by atoms with van der Waals surface area (Å²) in [6, 6.07) is 0. The van der Waals surface area contributed by atoms with Crippen LogP contribution in [0.2, 0.25) is 0 Å². The van der Waals surface area contributed by atoms with Crippen molar-refractivity contribution in [1.29, 1.82) is 0 Å². The van der Waals surface area contributed by atoms with Crippen LogP contribution in [0, 0.1) is 6.92 Å². The lowest BCUT2D eigenvalue weighted by molar-refractivity contribution is -0.133. The first-order valence-electron chi connectivity index (χ1n) is 5.92. The van der Waals surface area contributed by atoms with Gasteiger partial charge in [-0.25, -0.2) is 4.98 Å². The first-order chi connectivity index (χ1) is 8.03. The topological polar surface area (TPSA) is 55.1 Å². The highest BCUT2D eigenvalue weighted by Crippen LogP contribution is 2.39. The minimum atomic E-state index is -0.793. The second-order valence-electron chi connectivity index (χ2n) is 4.90. The molecule has 1 fully saturated rings. The number of rotatable bonds is 4. The lowest BCUT2D eigenvalue weighted by atomic mass is 10.0. The smallest absolute Gasteiger partial charge is 0.313 e. The average Bonchev–Trinajstić information content (AvgIpc) is 2.83. The van der Waals surface area contributed by atoms with Gasteiger partial charge in [-0.15, -0.1) is 0 Å². The summed E-state index contributed by atoms with van der Waals surface area (Å²) in [5, 5.41) is 9.59. The molecule has 94 valence electrons. The van der Waals surface area contributed by atoms with Crippen LogP contribution in [-0.4, -0.2) is 26.4 Å². The molecule has 1 aromatic heterocycles. The van der Waals surface area contributed by atoms with Crippen LogP contribution in [0.5, 0.6) is 0 Å². The van der Waals surface area contributed by atoms with Crippen molar-refractivity contribution < 1.29 is 9.90 Å². The number of carboxylic acid groups (broad SMARTS) is 1. The number of hydrogen-bond donors (Lipinski definition) is 1. The van der Waals surface area contributed by atoms with E-state index >= 15 is 0 Å². The summed E-state index contributed by atoms with van der Waals surface area (Å²) in [5.74, 6) is -0.717. The molecule has 1 N–H and O–H groups in total. The van der Waals surface area contributed by atoms with Gasteiger partial charge in [0.15, 0.2) is 5.16 Å². The number of thioether (sulfide) groups is 1. The third-order valence-corrected chi connectivity index (χ3v) is 4.39. The fourth-order valence-electron chi connectivity index (χ4n) is 2.66. The molecule has 4 nitrogen and oxygen atoms in total. The Morgan fingerprint density at radius 3 is 2.82 bits per heavy atom. The van der Waals surface area contributed by atoms with Crippen LogP contribution in [0.25, 0.3) is 0 Å². The molecular formula is C12H18N2O2S. The first-order valence-corrected chi connectivity index (χ1v) is 6.91. The van der Waals surface area contributed by atoms with E-state index in [1.165, 1.54) is 24.6 Å². The Morgan fingerprint density at radius 2 is 2.24 bits per heavy atom. The number of carbonyl (C=O) groups is 1. The number of carboxylic acids is 1. The van der Waals surface area contributed by atoms with Gasteiger partial charge in [0.05, 0.1) is 5.75 Å². The number of nitrogens with zero attached hydrogens (tertiary/aromatic N) is 2. The molecule has 5 heteroatoms. The predicted octanol–water partition coefficient (Wildman–Crippen LogP) is 2.66. The highest BCUT2D eigenvalue weighted by Gasteiger charge is 2.33. The van der Waals surface area contributed by atoms with Gasteiger partial charge in [0.1, 0.15) is 0 Å². The van der Waals surface area contributed by atoms with E-state index in [0.717, 1.165) is 23.7 Å². The Balaban J connectivity index is 2.25. The highest BCUT2D eigenvalue weighted by molar-refractivity contribution is 7.99. The fraction of sp³-hybridized carbons (Fsp3) is 0.667. The minimum Gasteiger partial charge on any atom is -0.481 e. The minimum absolute atomic E-state index is 0.0759. The highest BCUT2D eigenvalue weighted by atomic mass is 32.2. The molecule has 17 heavy (non-hydrogen) atoms. The van der Waals surface area contributed by atoms with Crippen LogP contribution in [0.15, 0.2) is 11.4 Å². The Hall–Kier alpha value is -0.970. The van der Waals surface area contributed by atoms with E-state index in [2.05, 4.69) is 16.5 Å². The van der Waals surface area contributed by atoms with Crippen molar-refractivity contribution in [1.82, 2.24) is 9.55 Å². The Morgan fingerprint density at radius 1 is 1.59 bits per heavy atom. The summed E-state index contributed by atoms with van der Waals surface area (Å²) >= 11 is 1.31. The van der Waals surface area contributed by atoms with Gasteiger partial charge in [-0.3, -0.25) is 4.79 Å². The van der Waals surface area contributed by atoms with Gasteiger partial charge < -0.3 is 9.67 Å². The monoisotopic (exact) mass is 254 g/mol. The van der Waals surface area contributed by atoms with E-state index in [1.54, 1.807) is 0 Å². The quantitative estimate of drug-likeness (QED) is 0.839. The van der Waals surface area contributed by atoms with Crippen LogP contribution in [0.4, 0.5) is 0 Å². The average molecular weight is 254 g/mol. The van der Waals surface area contributed by atoms with Gasteiger partial charge in [-0.1, -0.05) is 24.6 Å². The molecule has 1 aromatic rings. The second-order valence-corrected chi connectivity index (χ2v) is 5.85. The Bertz CT molecular complexity index is 422. The molecule has 0 spiro atoms. The van der Waals surface area contributed by atoms with E-state index < -0.39 is 5.97 Å². The van der Waals surface area contributed by atoms with Crippen LogP contribution in [0.1, 0.15) is 38.3 Å². The lowest BCUT2D eigenvalue weighted by Gasteiger charge is -2.29. The first kappa shape index (κ1) is 12.5. The molecule has 2 rings (SSSR count). The van der Waals surface area contributed by atoms with Gasteiger partial charge >= 0.3 is 5.97 Å². The van der Waals surface area contributed by atoms with Crippen molar-refractivity contribution >= 4 is 17.7 Å². The number of imidazole rings is 1. The van der Waals surface area contributed by atoms with Crippen molar-refractivity contribution in [2.24, 2.45) is 0 Å². The Kier molecular flexibility index (Phi) is 3.47. The summed E-state index contributed by atoms with van der Waals surface area (Å²) < 4.78 is 2.23. The van der Waals surface area contributed by atoms with Gasteiger partial charge in [0.2, 0.25) is 0 Å². The standard InChI is InChI=1S/C12H18N2O2S/c1-9-7-13-11(17-8-10(15)16)14(9)12(2)5-3-4-6-12/h7H,3-6,8H2,1-2H3,(H,15,16). The van der Waals surface area contributed by atoms with Gasteiger partial charge in [0.25, 0.3) is 0 Å². The molecule has 1 heterocycles. The molecule has 0 amide bonds. The SMILES string of the molecule is Cc1cnc(SCC(=O)O)n1C1(C)CCCC1. The number of aryl methyl sites for hydroxylation is 1. The van der Waals surface area contributed by atoms with Crippen molar-refractivity contribution in [3.63, 3.8) is 0 Å². The summed E-state index contributed by atoms with van der Waals surface area (Å²) in [6.07, 6.45) is 6.65. The molecule has 0 unspecified atom stereocenters. The summed E-state index contributed by atoms with van der Waals surface area (Å²) in [7, 11) is 0. The van der Waals surface area contributed by atoms with Crippen LogP contribution >= 0.6 is 11.8 Å². The number of aliphatic carboxylic acids is 1. The zero-order valence-corrected chi connectivity index (χ0v) is 11.1. The van der Waals surface area contributed by atoms with Crippen LogP contribution in [0.3, 0.4) is 0 Å². The molecule has 1 aliphatic carbocycles. The zero-order valence-electron chi connectivity index (χ0n) is 10.3. The van der Waals surface area contributed by atoms with Crippen molar-refractivity contribution in [3.05, 3.63) is 11.9 Å². The lowest BCUT2D eigenvalue weighted by Crippen LogP contribution is -2.28. The largest absolute Gasteiger partial charge is 0.481 e. The molecule has 0 atom stereocenters. The van der Waals surface area contributed by atoms with E-state index in [1.807, 2.05) is 13.1 Å². The Labute approximate surface area is 105 Å². The van der Waals surface area contributed by atoms with Gasteiger partial charge in [0, 0.05) is 17.4 Å². The molecule has 0 bridgehead atoms. The molecule has 0 aliphatic heterocycles. The molecular weight excluding hydrogens is 236 g/mol. The third-order valence-electron chi connectivity index (χ3n) is 3.45. The van der Waals surface area contributed by atoms with Crippen molar-refractivity contribution in [2.75, 3.05) is 5.75 Å². The summed E-state index contributed by atoms with van der Waals surface area (Å²) in [4.78, 5) is 15.0. The maximum atomic E-state index is 10.6. The molecule has 1 aliphatic rings. The van der Waals surface area contributed by atoms with Crippen LogP contribution in [-0.2, 0) is 10.3 Å². The van der Waals surface area contributed by atoms with Crippen molar-refractivity contribution in [2.45, 2.75) is 50.2 Å². The van der Waals surface area contributed by atoms with Crippen molar-refractivity contribution in [3.8, 4) is 0 Å². The molecule has 1 saturated carbocycles. The third kappa shape index (κ3) is 2.49. The van der Waals surface area contributed by atoms with E-state index in [0.29, 0.717) is 0 Å². The summed E-state index contributed by atoms with van der Waals surface area (Å²) in [6.45, 7) is 4.29.